The minimum Gasteiger partial charge on any atom is -0.469 e. The van der Waals surface area contributed by atoms with Gasteiger partial charge in [-0.2, -0.15) is 0 Å². The second-order valence-corrected chi connectivity index (χ2v) is 9.84. The van der Waals surface area contributed by atoms with Crippen LogP contribution >= 0.6 is 0 Å². The Morgan fingerprint density at radius 3 is 0.878 bits per heavy atom. The van der Waals surface area contributed by atoms with Crippen molar-refractivity contribution < 1.29 is 76.0 Å². The summed E-state index contributed by atoms with van der Waals surface area (Å²) in [4.78, 5) is 34.9. The van der Waals surface area contributed by atoms with Gasteiger partial charge in [0.1, 0.15) is 0 Å². The summed E-state index contributed by atoms with van der Waals surface area (Å²) in [6, 6.07) is 0. The monoisotopic (exact) mass is 711 g/mol. The summed E-state index contributed by atoms with van der Waals surface area (Å²) in [6.45, 7) is 11.0. The number of amides is 2. The van der Waals surface area contributed by atoms with Gasteiger partial charge in [0.25, 0.3) is 11.8 Å². The molecule has 0 aliphatic carbocycles. The van der Waals surface area contributed by atoms with Gasteiger partial charge in [0.05, 0.1) is 179 Å². The zero-order valence-electron chi connectivity index (χ0n) is 29.0. The van der Waals surface area contributed by atoms with Gasteiger partial charge in [0.15, 0.2) is 0 Å². The molecule has 49 heavy (non-hydrogen) atoms. The molecule has 0 aromatic rings. The zero-order valence-corrected chi connectivity index (χ0v) is 29.0. The van der Waals surface area contributed by atoms with Gasteiger partial charge >= 0.3 is 5.97 Å². The van der Waals surface area contributed by atoms with E-state index < -0.39 is 0 Å². The Morgan fingerprint density at radius 1 is 0.408 bits per heavy atom. The molecule has 0 aromatic carbocycles. The summed E-state index contributed by atoms with van der Waals surface area (Å²) in [6.07, 6.45) is 2.74. The highest BCUT2D eigenvalue weighted by Gasteiger charge is 2.22. The van der Waals surface area contributed by atoms with Gasteiger partial charge < -0.3 is 61.6 Å². The van der Waals surface area contributed by atoms with E-state index in [1.165, 1.54) is 19.3 Å². The van der Waals surface area contributed by atoms with Crippen LogP contribution in [0.4, 0.5) is 0 Å². The number of carbonyl (C=O) groups excluding carboxylic acids is 3. The molecule has 1 heterocycles. The number of imide groups is 1. The van der Waals surface area contributed by atoms with Crippen LogP contribution in [0.15, 0.2) is 12.2 Å². The van der Waals surface area contributed by atoms with E-state index in [0.29, 0.717) is 152 Å². The van der Waals surface area contributed by atoms with Crippen LogP contribution in [0.1, 0.15) is 6.42 Å². The van der Waals surface area contributed by atoms with E-state index in [9.17, 15) is 14.4 Å². The number of carbonyl (C=O) groups is 3. The maximum Gasteiger partial charge on any atom is 0.307 e. The van der Waals surface area contributed by atoms with Gasteiger partial charge in [-0.3, -0.25) is 19.3 Å². The fraction of sp³-hybridized carbons (Fsp3) is 0.844. The van der Waals surface area contributed by atoms with E-state index in [4.69, 9.17) is 56.8 Å². The number of nitrogens with zero attached hydrogens (tertiary/aromatic N) is 1. The second kappa shape index (κ2) is 35.7. The van der Waals surface area contributed by atoms with Crippen molar-refractivity contribution in [3.8, 4) is 0 Å². The van der Waals surface area contributed by atoms with Gasteiger partial charge in [-0.1, -0.05) is 0 Å². The smallest absolute Gasteiger partial charge is 0.307 e. The lowest BCUT2D eigenvalue weighted by molar-refractivity contribution is -0.142. The number of hydrogen-bond donors (Lipinski definition) is 0. The molecule has 1 aliphatic rings. The molecule has 0 fully saturated rings. The quantitative estimate of drug-likeness (QED) is 0.0460. The second-order valence-electron chi connectivity index (χ2n) is 9.84. The SMILES string of the molecule is COC(=O)CCOCCOCCOCCOCCOCCOCCOCCOCCOCCOCCOCCOCCN1C(=O)C=CC1=O. The average Bonchev–Trinajstić information content (AvgIpc) is 3.43. The maximum atomic E-state index is 11.4. The molecule has 0 unspecified atom stereocenters. The maximum absolute atomic E-state index is 11.4. The Bertz CT molecular complexity index is 800. The molecule has 17 nitrogen and oxygen atoms in total. The van der Waals surface area contributed by atoms with E-state index in [-0.39, 0.29) is 37.4 Å². The van der Waals surface area contributed by atoms with Crippen LogP contribution in [0.5, 0.6) is 0 Å². The third-order valence-corrected chi connectivity index (χ3v) is 6.13. The molecule has 0 atom stereocenters. The zero-order chi connectivity index (χ0) is 35.3. The standard InChI is InChI=1S/C32H57NO16/c1-37-32(36)4-6-38-8-10-40-12-14-42-16-18-44-20-22-46-24-26-48-28-29-49-27-25-47-23-21-45-19-17-43-15-13-41-11-9-39-7-5-33-30(34)2-3-31(33)35/h2-3H,4-29H2,1H3. The van der Waals surface area contributed by atoms with Crippen LogP contribution in [-0.2, 0) is 76.0 Å². The van der Waals surface area contributed by atoms with Crippen LogP contribution in [-0.4, -0.2) is 195 Å². The molecule has 0 bridgehead atoms. The molecule has 0 N–H and O–H groups in total. The van der Waals surface area contributed by atoms with Crippen molar-refractivity contribution in [2.24, 2.45) is 0 Å². The van der Waals surface area contributed by atoms with Crippen LogP contribution in [0.3, 0.4) is 0 Å². The van der Waals surface area contributed by atoms with Crippen molar-refractivity contribution in [2.75, 3.05) is 172 Å². The summed E-state index contributed by atoms with van der Waals surface area (Å²) >= 11 is 0. The summed E-state index contributed by atoms with van der Waals surface area (Å²) in [5, 5.41) is 0. The van der Waals surface area contributed by atoms with Crippen LogP contribution in [0.25, 0.3) is 0 Å². The average molecular weight is 712 g/mol. The Balaban J connectivity index is 1.62. The Labute approximate surface area is 289 Å². The molecule has 286 valence electrons. The first-order valence-electron chi connectivity index (χ1n) is 16.7. The number of hydrogen-bond acceptors (Lipinski definition) is 16. The lowest BCUT2D eigenvalue weighted by atomic mass is 10.5. The van der Waals surface area contributed by atoms with Crippen LogP contribution in [0.2, 0.25) is 0 Å². The normalized spacial score (nSPS) is 12.9. The summed E-state index contributed by atoms with van der Waals surface area (Å²) in [5.41, 5.74) is 0. The minimum absolute atomic E-state index is 0.235. The third-order valence-electron chi connectivity index (χ3n) is 6.13. The van der Waals surface area contributed by atoms with E-state index >= 15 is 0 Å². The van der Waals surface area contributed by atoms with Gasteiger partial charge in [-0.05, 0) is 0 Å². The minimum atomic E-state index is -0.310. The lowest BCUT2D eigenvalue weighted by Gasteiger charge is -2.13. The van der Waals surface area contributed by atoms with E-state index in [2.05, 4.69) is 4.74 Å². The molecule has 0 saturated heterocycles. The summed E-state index contributed by atoms with van der Waals surface area (Å²) in [7, 11) is 1.35. The highest BCUT2D eigenvalue weighted by Crippen LogP contribution is 2.02. The molecule has 1 aliphatic heterocycles. The Hall–Kier alpha value is -2.13. The molecular formula is C32H57NO16. The predicted molar refractivity (Wildman–Crippen MR) is 172 cm³/mol. The fourth-order valence-corrected chi connectivity index (χ4v) is 3.59. The summed E-state index contributed by atoms with van der Waals surface area (Å²) < 4.78 is 69.5. The van der Waals surface area contributed by atoms with E-state index in [1.54, 1.807) is 0 Å². The van der Waals surface area contributed by atoms with Crippen molar-refractivity contribution in [3.63, 3.8) is 0 Å². The van der Waals surface area contributed by atoms with Gasteiger partial charge in [-0.15, -0.1) is 0 Å². The van der Waals surface area contributed by atoms with Gasteiger partial charge in [0, 0.05) is 12.2 Å². The van der Waals surface area contributed by atoms with Crippen molar-refractivity contribution >= 4 is 17.8 Å². The molecule has 2 amide bonds. The van der Waals surface area contributed by atoms with Crippen LogP contribution < -0.4 is 0 Å². The van der Waals surface area contributed by atoms with Crippen LogP contribution in [0, 0.1) is 0 Å². The third kappa shape index (κ3) is 30.4. The molecular weight excluding hydrogens is 654 g/mol. The predicted octanol–water partition coefficient (Wildman–Crippen LogP) is -0.326. The molecule has 0 radical (unpaired) electrons. The highest BCUT2D eigenvalue weighted by molar-refractivity contribution is 6.12. The Kier molecular flexibility index (Phi) is 32.7. The fourth-order valence-electron chi connectivity index (χ4n) is 3.59. The number of methoxy groups -OCH3 is 1. The molecule has 0 saturated carbocycles. The van der Waals surface area contributed by atoms with Gasteiger partial charge in [0.2, 0.25) is 0 Å². The van der Waals surface area contributed by atoms with Crippen molar-refractivity contribution in [1.29, 1.82) is 0 Å². The lowest BCUT2D eigenvalue weighted by Crippen LogP contribution is -2.33. The molecule has 17 heteroatoms. The van der Waals surface area contributed by atoms with Gasteiger partial charge in [-0.25, -0.2) is 0 Å². The first-order valence-corrected chi connectivity index (χ1v) is 16.7. The molecule has 1 rings (SSSR count). The Morgan fingerprint density at radius 2 is 0.633 bits per heavy atom. The van der Waals surface area contributed by atoms with E-state index in [0.717, 1.165) is 4.90 Å². The topological polar surface area (TPSA) is 174 Å². The first-order chi connectivity index (χ1) is 24.1. The number of ether oxygens (including phenoxy) is 13. The number of rotatable bonds is 39. The summed E-state index contributed by atoms with van der Waals surface area (Å²) in [5.74, 6) is -0.912. The van der Waals surface area contributed by atoms with Crippen molar-refractivity contribution in [1.82, 2.24) is 4.90 Å². The number of esters is 1. The highest BCUT2D eigenvalue weighted by atomic mass is 16.6. The molecule has 0 spiro atoms. The van der Waals surface area contributed by atoms with Crippen molar-refractivity contribution in [3.05, 3.63) is 12.2 Å². The molecule has 0 aromatic heterocycles. The largest absolute Gasteiger partial charge is 0.469 e. The van der Waals surface area contributed by atoms with Crippen molar-refractivity contribution in [2.45, 2.75) is 6.42 Å². The van der Waals surface area contributed by atoms with E-state index in [1.807, 2.05) is 0 Å². The first kappa shape index (κ1) is 44.9.